The number of amides is 3. The normalized spacial score (nSPS) is 24.3. The lowest BCUT2D eigenvalue weighted by Crippen LogP contribution is -2.49. The van der Waals surface area contributed by atoms with E-state index in [9.17, 15) is 32.0 Å². The van der Waals surface area contributed by atoms with Crippen LogP contribution in [0.25, 0.3) is 22.3 Å². The maximum Gasteiger partial charge on any atom is 0.240 e. The maximum absolute atomic E-state index is 14.9. The number of hydrogen-bond donors (Lipinski definition) is 1. The topological polar surface area (TPSA) is 165 Å². The van der Waals surface area contributed by atoms with E-state index in [1.54, 1.807) is 48.5 Å². The number of Topliss-reactive ketones (excluding diaryl/α,β-unsaturated/α-hetero) is 1. The molecule has 0 radical (unpaired) electrons. The molecule has 7 rings (SSSR count). The second-order valence-electron chi connectivity index (χ2n) is 17.3. The van der Waals surface area contributed by atoms with Crippen LogP contribution >= 0.6 is 0 Å². The van der Waals surface area contributed by atoms with E-state index < -0.39 is 73.9 Å². The molecule has 13 nitrogen and oxygen atoms in total. The zero-order valence-electron chi connectivity index (χ0n) is 33.5. The van der Waals surface area contributed by atoms with Crippen LogP contribution in [-0.2, 0) is 29.2 Å². The molecule has 0 bridgehead atoms. The SMILES string of the molecule is C=C[C@@H]1C[C@]1(CC(=O)[C@@H]1C[C@@H](Oc2cc(-c3ccccn3)nc3cc(OC)ccc23)CN1C(=O)[C@@H](CC(=O)N1CCC(F)CC1)C(C)(C)C)C(=O)NS(=O)(=O)C1CC1. The summed E-state index contributed by atoms with van der Waals surface area (Å²) in [4.78, 5) is 69.2. The molecule has 3 aromatic rings. The fourth-order valence-electron chi connectivity index (χ4n) is 8.33. The van der Waals surface area contributed by atoms with Gasteiger partial charge in [0.25, 0.3) is 0 Å². The smallest absolute Gasteiger partial charge is 0.240 e. The first-order chi connectivity index (χ1) is 27.5. The lowest BCUT2D eigenvalue weighted by molar-refractivity contribution is -0.148. The van der Waals surface area contributed by atoms with Crippen molar-refractivity contribution in [3.8, 4) is 22.9 Å². The standard InChI is InChI=1S/C43H52FN5O8S/c1-6-26-23-43(26,41(53)47-58(54,55)30-11-12-30)24-37(50)36-20-29(25-49(36)40(52)32(42(2,3)4)21-39(51)48-17-14-27(44)15-18-48)57-38-22-35(33-9-7-8-16-45-33)46-34-19-28(56-5)10-13-31(34)38/h6-10,13,16,19,22,26-27,29-30,32,36H,1,11-12,14-15,17-18,20-21,23-25H2,2-5H3,(H,47,53)/t26-,29-,32-,36+,43-/m1/s1. The summed E-state index contributed by atoms with van der Waals surface area (Å²) in [6, 6.07) is 11.6. The second kappa shape index (κ2) is 16.0. The second-order valence-corrected chi connectivity index (χ2v) is 19.2. The van der Waals surface area contributed by atoms with Gasteiger partial charge >= 0.3 is 0 Å². The number of carbonyl (C=O) groups is 4. The number of fused-ring (bicyclic) bond motifs is 1. The number of likely N-dealkylation sites (tertiary alicyclic amines) is 2. The Morgan fingerprint density at radius 3 is 2.43 bits per heavy atom. The molecule has 2 aliphatic heterocycles. The van der Waals surface area contributed by atoms with E-state index in [1.807, 2.05) is 39.0 Å². The van der Waals surface area contributed by atoms with Crippen molar-refractivity contribution in [2.75, 3.05) is 26.7 Å². The summed E-state index contributed by atoms with van der Waals surface area (Å²) in [6.07, 6.45) is 2.86. The lowest BCUT2D eigenvalue weighted by atomic mass is 9.77. The molecule has 1 N–H and O–H groups in total. The highest BCUT2D eigenvalue weighted by molar-refractivity contribution is 7.90. The molecule has 4 heterocycles. The number of halogens is 1. The largest absolute Gasteiger partial charge is 0.497 e. The maximum atomic E-state index is 14.9. The number of alkyl halides is 1. The number of rotatable bonds is 14. The van der Waals surface area contributed by atoms with Gasteiger partial charge in [0.1, 0.15) is 23.8 Å². The fourth-order valence-corrected chi connectivity index (χ4v) is 9.72. The molecule has 15 heteroatoms. The van der Waals surface area contributed by atoms with Gasteiger partial charge < -0.3 is 19.3 Å². The molecule has 310 valence electrons. The fraction of sp³-hybridized carbons (Fsp3) is 0.535. The van der Waals surface area contributed by atoms with E-state index in [0.29, 0.717) is 46.6 Å². The molecule has 4 aliphatic rings. The number of piperidine rings is 1. The van der Waals surface area contributed by atoms with Gasteiger partial charge in [0, 0.05) is 56.1 Å². The van der Waals surface area contributed by atoms with Crippen molar-refractivity contribution in [1.82, 2.24) is 24.5 Å². The molecule has 2 saturated carbocycles. The van der Waals surface area contributed by atoms with Gasteiger partial charge in [0.2, 0.25) is 27.7 Å². The molecular weight excluding hydrogens is 766 g/mol. The first-order valence-corrected chi connectivity index (χ1v) is 21.6. The predicted octanol–water partition coefficient (Wildman–Crippen LogP) is 5.43. The molecule has 3 amide bonds. The van der Waals surface area contributed by atoms with Crippen LogP contribution in [0.3, 0.4) is 0 Å². The van der Waals surface area contributed by atoms with Crippen LogP contribution < -0.4 is 14.2 Å². The molecular formula is C43H52FN5O8S. The summed E-state index contributed by atoms with van der Waals surface area (Å²) >= 11 is 0. The summed E-state index contributed by atoms with van der Waals surface area (Å²) in [6.45, 7) is 9.98. The average Bonchev–Trinajstić information content (AvgIpc) is 4.13. The van der Waals surface area contributed by atoms with Gasteiger partial charge in [-0.05, 0) is 67.7 Å². The highest BCUT2D eigenvalue weighted by atomic mass is 32.2. The number of allylic oxidation sites excluding steroid dienone is 1. The number of aromatic nitrogens is 2. The van der Waals surface area contributed by atoms with Crippen molar-refractivity contribution in [3.05, 3.63) is 61.3 Å². The average molecular weight is 818 g/mol. The molecule has 2 aromatic heterocycles. The van der Waals surface area contributed by atoms with Gasteiger partial charge in [-0.2, -0.15) is 0 Å². The Morgan fingerprint density at radius 2 is 1.81 bits per heavy atom. The molecule has 2 aliphatic carbocycles. The summed E-state index contributed by atoms with van der Waals surface area (Å²) in [5.74, 6) is -2.04. The molecule has 58 heavy (non-hydrogen) atoms. The van der Waals surface area contributed by atoms with Gasteiger partial charge in [-0.25, -0.2) is 17.8 Å². The highest BCUT2D eigenvalue weighted by Gasteiger charge is 2.61. The van der Waals surface area contributed by atoms with E-state index in [0.717, 1.165) is 0 Å². The number of sulfonamides is 1. The van der Waals surface area contributed by atoms with E-state index in [1.165, 1.54) is 4.90 Å². The Bertz CT molecular complexity index is 2200. The van der Waals surface area contributed by atoms with Gasteiger partial charge in [-0.3, -0.25) is 28.9 Å². The van der Waals surface area contributed by atoms with Crippen LogP contribution in [-0.4, -0.2) is 102 Å². The summed E-state index contributed by atoms with van der Waals surface area (Å²) in [5.41, 5.74) is -0.309. The molecule has 4 fully saturated rings. The van der Waals surface area contributed by atoms with Crippen molar-refractivity contribution in [1.29, 1.82) is 0 Å². The minimum absolute atomic E-state index is 0.00227. The molecule has 5 atom stereocenters. The van der Waals surface area contributed by atoms with E-state index in [-0.39, 0.29) is 64.1 Å². The Hall–Kier alpha value is -4.92. The number of carbonyl (C=O) groups excluding carboxylic acids is 4. The van der Waals surface area contributed by atoms with Gasteiger partial charge in [0.05, 0.1) is 53.2 Å². The van der Waals surface area contributed by atoms with Crippen molar-refractivity contribution in [2.24, 2.45) is 22.7 Å². The molecule has 2 saturated heterocycles. The summed E-state index contributed by atoms with van der Waals surface area (Å²) < 4.78 is 54.1. The number of benzene rings is 1. The van der Waals surface area contributed by atoms with Crippen molar-refractivity contribution in [3.63, 3.8) is 0 Å². The van der Waals surface area contributed by atoms with Crippen LogP contribution in [0, 0.1) is 22.7 Å². The monoisotopic (exact) mass is 817 g/mol. The van der Waals surface area contributed by atoms with Crippen LogP contribution in [0.4, 0.5) is 4.39 Å². The number of pyridine rings is 2. The van der Waals surface area contributed by atoms with E-state index >= 15 is 0 Å². The Labute approximate surface area is 338 Å². The van der Waals surface area contributed by atoms with Crippen LogP contribution in [0.15, 0.2) is 61.3 Å². The number of nitrogens with one attached hydrogen (secondary N) is 1. The molecule has 1 aromatic carbocycles. The van der Waals surface area contributed by atoms with E-state index in [2.05, 4.69) is 16.3 Å². The van der Waals surface area contributed by atoms with Gasteiger partial charge in [-0.1, -0.05) is 32.9 Å². The third kappa shape index (κ3) is 8.60. The number of ketones is 1. The number of hydrogen-bond acceptors (Lipinski definition) is 10. The third-order valence-corrected chi connectivity index (χ3v) is 14.0. The van der Waals surface area contributed by atoms with Crippen LogP contribution in [0.1, 0.15) is 72.1 Å². The van der Waals surface area contributed by atoms with Crippen molar-refractivity contribution < 1.29 is 41.5 Å². The molecule has 0 unspecified atom stereocenters. The minimum atomic E-state index is -3.89. The third-order valence-electron chi connectivity index (χ3n) is 12.2. The number of nitrogens with zero attached hydrogens (tertiary/aromatic N) is 4. The van der Waals surface area contributed by atoms with Crippen LogP contribution in [0.5, 0.6) is 11.5 Å². The van der Waals surface area contributed by atoms with Crippen molar-refractivity contribution >= 4 is 44.4 Å². The first-order valence-electron chi connectivity index (χ1n) is 20.0. The zero-order chi connectivity index (χ0) is 41.6. The number of ether oxygens (including phenoxy) is 2. The number of methoxy groups -OCH3 is 1. The Balaban J connectivity index is 1.21. The highest BCUT2D eigenvalue weighted by Crippen LogP contribution is 2.57. The molecule has 0 spiro atoms. The van der Waals surface area contributed by atoms with E-state index in [4.69, 9.17) is 14.5 Å². The quantitative estimate of drug-likeness (QED) is 0.208. The predicted molar refractivity (Wildman–Crippen MR) is 215 cm³/mol. The summed E-state index contributed by atoms with van der Waals surface area (Å²) in [7, 11) is -2.32. The minimum Gasteiger partial charge on any atom is -0.497 e. The first kappa shape index (κ1) is 41.2. The summed E-state index contributed by atoms with van der Waals surface area (Å²) in [5, 5.41) is 0.0394. The van der Waals surface area contributed by atoms with Gasteiger partial charge in [-0.15, -0.1) is 6.58 Å². The van der Waals surface area contributed by atoms with Crippen LogP contribution in [0.2, 0.25) is 0 Å². The Kier molecular flexibility index (Phi) is 11.4. The van der Waals surface area contributed by atoms with Crippen molar-refractivity contribution in [2.45, 2.75) is 95.7 Å². The zero-order valence-corrected chi connectivity index (χ0v) is 34.3. The Morgan fingerprint density at radius 1 is 1.07 bits per heavy atom. The van der Waals surface area contributed by atoms with Gasteiger partial charge in [0.15, 0.2) is 5.78 Å². The lowest BCUT2D eigenvalue weighted by Gasteiger charge is -2.37.